The molecule has 2 atom stereocenters. The fourth-order valence-corrected chi connectivity index (χ4v) is 3.16. The van der Waals surface area contributed by atoms with Gasteiger partial charge in [-0.1, -0.05) is 0 Å². The predicted molar refractivity (Wildman–Crippen MR) is 50.3 cm³/mol. The third-order valence-electron chi connectivity index (χ3n) is 1.67. The van der Waals surface area contributed by atoms with Crippen molar-refractivity contribution in [3.05, 3.63) is 0 Å². The highest BCUT2D eigenvalue weighted by molar-refractivity contribution is 8.01. The molecule has 15 heavy (non-hydrogen) atoms. The van der Waals surface area contributed by atoms with Crippen molar-refractivity contribution in [1.82, 2.24) is 4.31 Å². The van der Waals surface area contributed by atoms with Gasteiger partial charge >= 0.3 is 16.3 Å². The highest BCUT2D eigenvalue weighted by Gasteiger charge is 2.51. The summed E-state index contributed by atoms with van der Waals surface area (Å²) in [6, 6.07) is -1.10. The number of thioether (sulfide) groups is 1. The Morgan fingerprint density at radius 2 is 2.13 bits per heavy atom. The lowest BCUT2D eigenvalue weighted by molar-refractivity contribution is -0.137. The van der Waals surface area contributed by atoms with Crippen LogP contribution in [-0.4, -0.2) is 51.4 Å². The normalized spacial score (nSPS) is 26.3. The molecule has 1 aliphatic rings. The molecular formula is C5H8N2O6S2. The number of β-lactam (4-membered cyclic amide) rings is 1. The van der Waals surface area contributed by atoms with E-state index in [2.05, 4.69) is 0 Å². The highest BCUT2D eigenvalue weighted by atomic mass is 32.2. The molecule has 0 bridgehead atoms. The second-order valence-corrected chi connectivity index (χ2v) is 5.13. The number of carboxylic acids is 1. The Balaban J connectivity index is 2.72. The SMILES string of the molecule is NC1C(=O)N(S(=O)(=O)O)C1SCC(=O)O. The Labute approximate surface area is 89.3 Å². The van der Waals surface area contributed by atoms with Crippen LogP contribution in [0.15, 0.2) is 0 Å². The van der Waals surface area contributed by atoms with E-state index in [-0.39, 0.29) is 4.31 Å². The molecule has 1 fully saturated rings. The fourth-order valence-electron chi connectivity index (χ4n) is 1.03. The molecule has 0 spiro atoms. The Morgan fingerprint density at radius 1 is 1.60 bits per heavy atom. The largest absolute Gasteiger partial charge is 0.481 e. The Kier molecular flexibility index (Phi) is 3.23. The molecule has 0 aromatic rings. The second-order valence-electron chi connectivity index (χ2n) is 2.73. The molecule has 2 unspecified atom stereocenters. The summed E-state index contributed by atoms with van der Waals surface area (Å²) in [5.41, 5.74) is 5.26. The molecule has 1 saturated heterocycles. The average molecular weight is 256 g/mol. The molecule has 8 nitrogen and oxygen atoms in total. The first-order valence-corrected chi connectivity index (χ1v) is 6.09. The molecular weight excluding hydrogens is 248 g/mol. The van der Waals surface area contributed by atoms with Crippen LogP contribution in [0, 0.1) is 0 Å². The molecule has 10 heteroatoms. The summed E-state index contributed by atoms with van der Waals surface area (Å²) in [6.07, 6.45) is 0. The van der Waals surface area contributed by atoms with Crippen LogP contribution in [0.1, 0.15) is 0 Å². The zero-order valence-corrected chi connectivity index (χ0v) is 8.86. The van der Waals surface area contributed by atoms with Gasteiger partial charge in [0.1, 0.15) is 11.4 Å². The Morgan fingerprint density at radius 3 is 2.53 bits per heavy atom. The number of carbonyl (C=O) groups is 2. The van der Waals surface area contributed by atoms with E-state index in [1.54, 1.807) is 0 Å². The van der Waals surface area contributed by atoms with E-state index >= 15 is 0 Å². The number of aliphatic carboxylic acids is 1. The maximum Gasteiger partial charge on any atom is 0.363 e. The van der Waals surface area contributed by atoms with E-state index in [9.17, 15) is 18.0 Å². The lowest BCUT2D eigenvalue weighted by Gasteiger charge is -2.41. The van der Waals surface area contributed by atoms with Gasteiger partial charge in [0.05, 0.1) is 5.75 Å². The van der Waals surface area contributed by atoms with Crippen molar-refractivity contribution in [3.8, 4) is 0 Å². The summed E-state index contributed by atoms with van der Waals surface area (Å²) in [5.74, 6) is -2.51. The minimum atomic E-state index is -4.66. The summed E-state index contributed by atoms with van der Waals surface area (Å²) >= 11 is 0.660. The van der Waals surface area contributed by atoms with Crippen LogP contribution >= 0.6 is 11.8 Å². The molecule has 0 aromatic heterocycles. The minimum absolute atomic E-state index is 0.172. The lowest BCUT2D eigenvalue weighted by atomic mass is 10.2. The van der Waals surface area contributed by atoms with Gasteiger partial charge in [-0.05, 0) is 0 Å². The summed E-state index contributed by atoms with van der Waals surface area (Å²) in [4.78, 5) is 21.2. The number of nitrogens with zero attached hydrogens (tertiary/aromatic N) is 1. The first kappa shape index (κ1) is 12.2. The van der Waals surface area contributed by atoms with Crippen molar-refractivity contribution >= 4 is 33.9 Å². The summed E-state index contributed by atoms with van der Waals surface area (Å²) < 4.78 is 30.1. The number of amides is 1. The Bertz CT molecular complexity index is 392. The number of hydrogen-bond donors (Lipinski definition) is 3. The monoisotopic (exact) mass is 256 g/mol. The van der Waals surface area contributed by atoms with Crippen molar-refractivity contribution in [1.29, 1.82) is 0 Å². The maximum absolute atomic E-state index is 11.0. The van der Waals surface area contributed by atoms with Crippen LogP contribution in [0.4, 0.5) is 0 Å². The first-order valence-electron chi connectivity index (χ1n) is 3.65. The molecule has 0 saturated carbocycles. The van der Waals surface area contributed by atoms with E-state index in [4.69, 9.17) is 15.4 Å². The lowest BCUT2D eigenvalue weighted by Crippen LogP contribution is -2.68. The smallest absolute Gasteiger partial charge is 0.363 e. The number of carbonyl (C=O) groups excluding carboxylic acids is 1. The van der Waals surface area contributed by atoms with Crippen molar-refractivity contribution in [2.75, 3.05) is 5.75 Å². The first-order chi connectivity index (χ1) is 6.75. The molecule has 0 aromatic carbocycles. The van der Waals surface area contributed by atoms with E-state index < -0.39 is 39.3 Å². The molecule has 86 valence electrons. The third kappa shape index (κ3) is 2.40. The molecule has 1 heterocycles. The van der Waals surface area contributed by atoms with Crippen LogP contribution in [0.25, 0.3) is 0 Å². The molecule has 1 amide bonds. The topological polar surface area (TPSA) is 138 Å². The minimum Gasteiger partial charge on any atom is -0.481 e. The van der Waals surface area contributed by atoms with E-state index in [1.807, 2.05) is 0 Å². The van der Waals surface area contributed by atoms with Crippen LogP contribution in [0.3, 0.4) is 0 Å². The summed E-state index contributed by atoms with van der Waals surface area (Å²) in [5, 5.41) is 7.29. The van der Waals surface area contributed by atoms with E-state index in [0.29, 0.717) is 11.8 Å². The zero-order valence-electron chi connectivity index (χ0n) is 7.23. The maximum atomic E-state index is 11.0. The number of nitrogens with two attached hydrogens (primary N) is 1. The van der Waals surface area contributed by atoms with Gasteiger partial charge in [-0.2, -0.15) is 12.7 Å². The van der Waals surface area contributed by atoms with Crippen molar-refractivity contribution in [2.45, 2.75) is 11.4 Å². The van der Waals surface area contributed by atoms with Crippen LogP contribution in [-0.2, 0) is 19.9 Å². The van der Waals surface area contributed by atoms with Crippen LogP contribution < -0.4 is 5.73 Å². The molecule has 4 N–H and O–H groups in total. The molecule has 1 rings (SSSR count). The van der Waals surface area contributed by atoms with Gasteiger partial charge in [0, 0.05) is 0 Å². The van der Waals surface area contributed by atoms with E-state index in [1.165, 1.54) is 0 Å². The molecule has 0 aliphatic carbocycles. The van der Waals surface area contributed by atoms with Crippen LogP contribution in [0.2, 0.25) is 0 Å². The van der Waals surface area contributed by atoms with E-state index in [0.717, 1.165) is 0 Å². The second kappa shape index (κ2) is 3.96. The van der Waals surface area contributed by atoms with Gasteiger partial charge in [-0.25, -0.2) is 0 Å². The standard InChI is InChI=1S/C5H8N2O6S2/c6-3-4(10)7(15(11,12)13)5(3)14-1-2(8)9/h3,5H,1,6H2,(H,8,9)(H,11,12,13). The van der Waals surface area contributed by atoms with Crippen LogP contribution in [0.5, 0.6) is 0 Å². The van der Waals surface area contributed by atoms with Gasteiger partial charge in [-0.15, -0.1) is 11.8 Å². The summed E-state index contributed by atoms with van der Waals surface area (Å²) in [6.45, 7) is 0. The number of carboxylic acid groups (broad SMARTS) is 1. The molecule has 1 aliphatic heterocycles. The number of hydrogen-bond acceptors (Lipinski definition) is 6. The van der Waals surface area contributed by atoms with Crippen molar-refractivity contribution in [2.24, 2.45) is 5.73 Å². The van der Waals surface area contributed by atoms with Gasteiger partial charge in [0.15, 0.2) is 0 Å². The fraction of sp³-hybridized carbons (Fsp3) is 0.600. The summed E-state index contributed by atoms with van der Waals surface area (Å²) in [7, 11) is -4.66. The highest BCUT2D eigenvalue weighted by Crippen LogP contribution is 2.30. The van der Waals surface area contributed by atoms with Gasteiger partial charge in [-0.3, -0.25) is 14.1 Å². The Hall–Kier alpha value is -0.840. The number of rotatable bonds is 4. The molecule has 0 radical (unpaired) electrons. The predicted octanol–water partition coefficient (Wildman–Crippen LogP) is -1.90. The van der Waals surface area contributed by atoms with Crippen molar-refractivity contribution in [3.63, 3.8) is 0 Å². The van der Waals surface area contributed by atoms with Gasteiger partial charge in [0.25, 0.3) is 5.91 Å². The van der Waals surface area contributed by atoms with Gasteiger partial charge in [0.2, 0.25) is 0 Å². The average Bonchev–Trinajstić information content (AvgIpc) is 2.07. The third-order valence-corrected chi connectivity index (χ3v) is 3.96. The quantitative estimate of drug-likeness (QED) is 0.391. The van der Waals surface area contributed by atoms with Gasteiger partial charge < -0.3 is 10.8 Å². The van der Waals surface area contributed by atoms with Crippen molar-refractivity contribution < 1.29 is 27.7 Å². The zero-order chi connectivity index (χ0) is 11.8.